The zero-order valence-electron chi connectivity index (χ0n) is 15.8. The van der Waals surface area contributed by atoms with Crippen molar-refractivity contribution in [2.45, 2.75) is 25.2 Å². The van der Waals surface area contributed by atoms with E-state index in [4.69, 9.17) is 35.3 Å². The maximum absolute atomic E-state index is 10.7. The van der Waals surface area contributed by atoms with Gasteiger partial charge in [0.1, 0.15) is 25.4 Å². The second kappa shape index (κ2) is 7.82. The third-order valence-electron chi connectivity index (χ3n) is 5.35. The summed E-state index contributed by atoms with van der Waals surface area (Å²) in [5.41, 5.74) is 0.949. The number of hydrogen-bond donors (Lipinski definition) is 1. The van der Waals surface area contributed by atoms with Crippen LogP contribution in [0.3, 0.4) is 0 Å². The number of ether oxygens (including phenoxy) is 5. The second-order valence-electron chi connectivity index (χ2n) is 7.32. The van der Waals surface area contributed by atoms with Crippen molar-refractivity contribution in [3.05, 3.63) is 40.9 Å². The molecule has 1 fully saturated rings. The van der Waals surface area contributed by atoms with Gasteiger partial charge in [0.15, 0.2) is 23.0 Å². The highest BCUT2D eigenvalue weighted by Gasteiger charge is 2.31. The molecule has 154 valence electrons. The van der Waals surface area contributed by atoms with Gasteiger partial charge in [-0.05, 0) is 30.2 Å². The molecular formula is C21H22ClNO6. The third kappa shape index (κ3) is 3.77. The molecule has 1 N–H and O–H groups in total. The molecule has 5 rings (SSSR count). The summed E-state index contributed by atoms with van der Waals surface area (Å²) in [6.07, 6.45) is -0.249. The van der Waals surface area contributed by atoms with Gasteiger partial charge in [0.05, 0.1) is 0 Å². The molecule has 2 atom stereocenters. The Morgan fingerprint density at radius 3 is 2.76 bits per heavy atom. The first kappa shape index (κ1) is 18.7. The summed E-state index contributed by atoms with van der Waals surface area (Å²) in [7, 11) is 0. The Kier molecular flexibility index (Phi) is 5.03. The molecule has 0 bridgehead atoms. The van der Waals surface area contributed by atoms with Crippen molar-refractivity contribution < 1.29 is 28.8 Å². The second-order valence-corrected chi connectivity index (χ2v) is 7.73. The lowest BCUT2D eigenvalue weighted by Crippen LogP contribution is -2.48. The maximum Gasteiger partial charge on any atom is 0.231 e. The van der Waals surface area contributed by atoms with Crippen molar-refractivity contribution in [2.24, 2.45) is 0 Å². The lowest BCUT2D eigenvalue weighted by atomic mass is 10.0. The van der Waals surface area contributed by atoms with Gasteiger partial charge in [0, 0.05) is 30.7 Å². The van der Waals surface area contributed by atoms with Gasteiger partial charge in [-0.15, -0.1) is 0 Å². The van der Waals surface area contributed by atoms with Crippen LogP contribution in [0.2, 0.25) is 5.02 Å². The zero-order chi connectivity index (χ0) is 19.8. The summed E-state index contributed by atoms with van der Waals surface area (Å²) >= 11 is 6.39. The number of hydrogen-bond acceptors (Lipinski definition) is 7. The van der Waals surface area contributed by atoms with Gasteiger partial charge in [-0.3, -0.25) is 4.90 Å². The number of likely N-dealkylation sites (tertiary alicyclic amines) is 1. The first-order valence-electron chi connectivity index (χ1n) is 9.71. The number of benzene rings is 2. The maximum atomic E-state index is 10.7. The number of halogens is 1. The Morgan fingerprint density at radius 1 is 1.07 bits per heavy atom. The van der Waals surface area contributed by atoms with Gasteiger partial charge in [0.25, 0.3) is 0 Å². The minimum absolute atomic E-state index is 0.217. The van der Waals surface area contributed by atoms with Gasteiger partial charge in [-0.25, -0.2) is 0 Å². The van der Waals surface area contributed by atoms with Crippen LogP contribution in [0, 0.1) is 0 Å². The summed E-state index contributed by atoms with van der Waals surface area (Å²) < 4.78 is 28.2. The highest BCUT2D eigenvalue weighted by molar-refractivity contribution is 6.31. The fraction of sp³-hybridized carbons (Fsp3) is 0.429. The Morgan fingerprint density at radius 2 is 1.90 bits per heavy atom. The van der Waals surface area contributed by atoms with E-state index in [0.29, 0.717) is 66.5 Å². The number of rotatable bonds is 4. The molecule has 2 aromatic carbocycles. The van der Waals surface area contributed by atoms with Gasteiger partial charge in [-0.1, -0.05) is 17.7 Å². The van der Waals surface area contributed by atoms with Crippen molar-refractivity contribution in [1.29, 1.82) is 0 Å². The lowest BCUT2D eigenvalue weighted by molar-refractivity contribution is -0.0290. The van der Waals surface area contributed by atoms with Gasteiger partial charge < -0.3 is 28.8 Å². The fourth-order valence-corrected chi connectivity index (χ4v) is 4.09. The molecule has 3 heterocycles. The molecule has 3 aliphatic rings. The molecule has 29 heavy (non-hydrogen) atoms. The van der Waals surface area contributed by atoms with Gasteiger partial charge >= 0.3 is 0 Å². The molecule has 0 saturated carbocycles. The molecular weight excluding hydrogens is 398 g/mol. The molecule has 8 heteroatoms. The average molecular weight is 420 g/mol. The predicted octanol–water partition coefficient (Wildman–Crippen LogP) is 2.85. The number of nitrogens with zero attached hydrogens (tertiary/aromatic N) is 1. The SMILES string of the molecule is O[C@@H]1CN(Cc2cc3c(cc2Cl)OCO3)CC[C@H]1Oc1cccc2c1OCCO2. The number of piperidine rings is 1. The monoisotopic (exact) mass is 419 g/mol. The Hall–Kier alpha value is -2.35. The number of fused-ring (bicyclic) bond motifs is 2. The number of β-amino-alcohol motifs (C(OH)–C–C–N with tert-alkyl or cyclic N) is 1. The van der Waals surface area contributed by atoms with E-state index in [0.717, 1.165) is 12.1 Å². The van der Waals surface area contributed by atoms with Crippen molar-refractivity contribution in [3.8, 4) is 28.7 Å². The van der Waals surface area contributed by atoms with E-state index in [1.165, 1.54) is 0 Å². The van der Waals surface area contributed by atoms with Gasteiger partial charge in [-0.2, -0.15) is 0 Å². The molecule has 0 aliphatic carbocycles. The molecule has 1 saturated heterocycles. The minimum atomic E-state index is -0.628. The smallest absolute Gasteiger partial charge is 0.231 e. The van der Waals surface area contributed by atoms with Crippen LogP contribution in [0.5, 0.6) is 28.7 Å². The van der Waals surface area contributed by atoms with E-state index in [1.54, 1.807) is 6.07 Å². The minimum Gasteiger partial charge on any atom is -0.486 e. The van der Waals surface area contributed by atoms with E-state index in [9.17, 15) is 5.11 Å². The van der Waals surface area contributed by atoms with Crippen LogP contribution in [-0.2, 0) is 6.54 Å². The van der Waals surface area contributed by atoms with Crippen molar-refractivity contribution in [3.63, 3.8) is 0 Å². The molecule has 0 amide bonds. The highest BCUT2D eigenvalue weighted by Crippen LogP contribution is 2.40. The molecule has 0 spiro atoms. The lowest BCUT2D eigenvalue weighted by Gasteiger charge is -2.36. The van der Waals surface area contributed by atoms with Gasteiger partial charge in [0.2, 0.25) is 12.5 Å². The summed E-state index contributed by atoms with van der Waals surface area (Å²) in [5.74, 6) is 3.28. The average Bonchev–Trinajstić information content (AvgIpc) is 3.17. The summed E-state index contributed by atoms with van der Waals surface area (Å²) in [6, 6.07) is 9.26. The predicted molar refractivity (Wildman–Crippen MR) is 105 cm³/mol. The standard InChI is InChI=1S/C21H22ClNO6/c22-14-9-20-19(27-12-28-20)8-13(14)10-23-5-4-16(15(24)11-23)29-18-3-1-2-17-21(18)26-7-6-25-17/h1-3,8-9,15-16,24H,4-7,10-12H2/t15-,16-/m1/s1. The van der Waals surface area contributed by atoms with E-state index >= 15 is 0 Å². The normalized spacial score (nSPS) is 23.1. The topological polar surface area (TPSA) is 69.6 Å². The number of aliphatic hydroxyl groups excluding tert-OH is 1. The first-order valence-corrected chi connectivity index (χ1v) is 10.1. The van der Waals surface area contributed by atoms with Crippen LogP contribution in [-0.4, -0.2) is 55.3 Å². The van der Waals surface area contributed by atoms with Crippen LogP contribution in [0.4, 0.5) is 0 Å². The molecule has 0 aromatic heterocycles. The molecule has 0 unspecified atom stereocenters. The van der Waals surface area contributed by atoms with E-state index in [-0.39, 0.29) is 12.9 Å². The molecule has 3 aliphatic heterocycles. The molecule has 7 nitrogen and oxygen atoms in total. The Labute approximate surface area is 173 Å². The van der Waals surface area contributed by atoms with Crippen molar-refractivity contribution in [2.75, 3.05) is 33.1 Å². The van der Waals surface area contributed by atoms with E-state index in [1.807, 2.05) is 24.3 Å². The summed E-state index contributed by atoms with van der Waals surface area (Å²) in [6.45, 7) is 3.12. The molecule has 2 aromatic rings. The summed E-state index contributed by atoms with van der Waals surface area (Å²) in [4.78, 5) is 2.16. The summed E-state index contributed by atoms with van der Waals surface area (Å²) in [5, 5.41) is 11.3. The fourth-order valence-electron chi connectivity index (χ4n) is 3.88. The Bertz CT molecular complexity index is 907. The van der Waals surface area contributed by atoms with Crippen LogP contribution < -0.4 is 23.7 Å². The van der Waals surface area contributed by atoms with Crippen LogP contribution in [0.25, 0.3) is 0 Å². The third-order valence-corrected chi connectivity index (χ3v) is 5.70. The van der Waals surface area contributed by atoms with Crippen LogP contribution >= 0.6 is 11.6 Å². The van der Waals surface area contributed by atoms with Crippen LogP contribution in [0.15, 0.2) is 30.3 Å². The van der Waals surface area contributed by atoms with E-state index < -0.39 is 6.10 Å². The first-order chi connectivity index (χ1) is 14.2. The number of aliphatic hydroxyl groups is 1. The largest absolute Gasteiger partial charge is 0.486 e. The quantitative estimate of drug-likeness (QED) is 0.817. The highest BCUT2D eigenvalue weighted by atomic mass is 35.5. The van der Waals surface area contributed by atoms with E-state index in [2.05, 4.69) is 4.90 Å². The zero-order valence-corrected chi connectivity index (χ0v) is 16.6. The Balaban J connectivity index is 1.24. The van der Waals surface area contributed by atoms with Crippen LogP contribution in [0.1, 0.15) is 12.0 Å². The molecule has 0 radical (unpaired) electrons. The van der Waals surface area contributed by atoms with Crippen molar-refractivity contribution >= 4 is 11.6 Å². The number of para-hydroxylation sites is 1. The van der Waals surface area contributed by atoms with Crippen molar-refractivity contribution in [1.82, 2.24) is 4.90 Å².